The summed E-state index contributed by atoms with van der Waals surface area (Å²) in [5, 5.41) is 13.5. The molecule has 1 atom stereocenters. The normalized spacial score (nSPS) is 11.3. The Labute approximate surface area is 97.6 Å². The van der Waals surface area contributed by atoms with Gasteiger partial charge in [-0.1, -0.05) is 12.1 Å². The van der Waals surface area contributed by atoms with Crippen molar-refractivity contribution < 1.29 is 19.5 Å². The van der Waals surface area contributed by atoms with Crippen molar-refractivity contribution >= 4 is 24.5 Å². The molecule has 0 heterocycles. The maximum Gasteiger partial charge on any atom is 0.326 e. The highest BCUT2D eigenvalue weighted by molar-refractivity contribution is 5.76. The van der Waals surface area contributed by atoms with Gasteiger partial charge in [0.1, 0.15) is 6.04 Å². The summed E-state index contributed by atoms with van der Waals surface area (Å²) in [5.41, 5.74) is 1.38. The molecule has 2 amide bonds. The number of benzene rings is 1. The van der Waals surface area contributed by atoms with Gasteiger partial charge in [0.2, 0.25) is 12.8 Å². The third-order valence-electron chi connectivity index (χ3n) is 2.19. The van der Waals surface area contributed by atoms with E-state index in [0.29, 0.717) is 18.5 Å². The van der Waals surface area contributed by atoms with Crippen molar-refractivity contribution in [1.29, 1.82) is 0 Å². The maximum atomic E-state index is 10.8. The maximum absolute atomic E-state index is 10.8. The predicted molar refractivity (Wildman–Crippen MR) is 60.5 cm³/mol. The number of amides is 2. The molecule has 0 bridgehead atoms. The van der Waals surface area contributed by atoms with Crippen LogP contribution in [0.3, 0.4) is 0 Å². The van der Waals surface area contributed by atoms with E-state index in [9.17, 15) is 14.4 Å². The lowest BCUT2D eigenvalue weighted by Gasteiger charge is -2.11. The molecule has 0 aliphatic rings. The van der Waals surface area contributed by atoms with Crippen LogP contribution in [0.4, 0.5) is 5.69 Å². The number of rotatable bonds is 7. The molecule has 1 rings (SSSR count). The van der Waals surface area contributed by atoms with Gasteiger partial charge in [0, 0.05) is 12.1 Å². The fourth-order valence-electron chi connectivity index (χ4n) is 1.34. The first kappa shape index (κ1) is 12.7. The summed E-state index contributed by atoms with van der Waals surface area (Å²) < 4.78 is 0. The van der Waals surface area contributed by atoms with E-state index >= 15 is 0 Å². The molecule has 1 aromatic rings. The smallest absolute Gasteiger partial charge is 0.326 e. The summed E-state index contributed by atoms with van der Waals surface area (Å²) in [7, 11) is 0. The van der Waals surface area contributed by atoms with Crippen molar-refractivity contribution in [3.63, 3.8) is 0 Å². The zero-order chi connectivity index (χ0) is 12.7. The van der Waals surface area contributed by atoms with Crippen LogP contribution in [0.2, 0.25) is 0 Å². The number of carbonyl (C=O) groups is 3. The van der Waals surface area contributed by atoms with Crippen LogP contribution in [0.15, 0.2) is 24.3 Å². The van der Waals surface area contributed by atoms with Crippen LogP contribution in [-0.4, -0.2) is 29.9 Å². The van der Waals surface area contributed by atoms with E-state index in [1.807, 2.05) is 0 Å². The molecule has 0 aliphatic heterocycles. The molecule has 0 aromatic heterocycles. The Hall–Kier alpha value is -2.37. The number of carbonyl (C=O) groups excluding carboxylic acids is 2. The Morgan fingerprint density at radius 1 is 1.24 bits per heavy atom. The summed E-state index contributed by atoms with van der Waals surface area (Å²) in [6.45, 7) is 0. The minimum absolute atomic E-state index is 0.190. The highest BCUT2D eigenvalue weighted by Crippen LogP contribution is 2.10. The standard InChI is InChI=1S/C11H12N2O4/c14-6-12-9-3-1-8(2-4-9)5-10(11(16)17)13-7-15/h1-4,6-7,10H,5H2,(H,12,14)(H,13,15)(H,16,17). The van der Waals surface area contributed by atoms with Crippen LogP contribution >= 0.6 is 0 Å². The molecule has 0 spiro atoms. The first-order valence-corrected chi connectivity index (χ1v) is 4.89. The summed E-state index contributed by atoms with van der Waals surface area (Å²) in [5.74, 6) is -1.09. The van der Waals surface area contributed by atoms with E-state index < -0.39 is 12.0 Å². The van der Waals surface area contributed by atoms with Gasteiger partial charge in [-0.3, -0.25) is 9.59 Å². The summed E-state index contributed by atoms with van der Waals surface area (Å²) in [4.78, 5) is 31.2. The van der Waals surface area contributed by atoms with Crippen LogP contribution in [0.5, 0.6) is 0 Å². The molecule has 0 saturated heterocycles. The van der Waals surface area contributed by atoms with Crippen molar-refractivity contribution in [1.82, 2.24) is 5.32 Å². The largest absolute Gasteiger partial charge is 0.480 e. The SMILES string of the molecule is O=CNc1ccc(CC(NC=O)C(=O)O)cc1. The Bertz CT molecular complexity index is 402. The molecule has 90 valence electrons. The van der Waals surface area contributed by atoms with Gasteiger partial charge >= 0.3 is 5.97 Å². The molecular weight excluding hydrogens is 224 g/mol. The quantitative estimate of drug-likeness (QED) is 0.580. The molecular formula is C11H12N2O4. The average molecular weight is 236 g/mol. The molecule has 6 heteroatoms. The van der Waals surface area contributed by atoms with Gasteiger partial charge < -0.3 is 15.7 Å². The van der Waals surface area contributed by atoms with Gasteiger partial charge in [0.25, 0.3) is 0 Å². The van der Waals surface area contributed by atoms with Crippen molar-refractivity contribution in [2.45, 2.75) is 12.5 Å². The highest BCUT2D eigenvalue weighted by atomic mass is 16.4. The molecule has 6 nitrogen and oxygen atoms in total. The number of anilines is 1. The topological polar surface area (TPSA) is 95.5 Å². The van der Waals surface area contributed by atoms with E-state index in [1.54, 1.807) is 24.3 Å². The Balaban J connectivity index is 2.69. The zero-order valence-corrected chi connectivity index (χ0v) is 8.92. The van der Waals surface area contributed by atoms with Crippen LogP contribution < -0.4 is 10.6 Å². The summed E-state index contributed by atoms with van der Waals surface area (Å²) in [6.07, 6.45) is 1.11. The molecule has 0 fully saturated rings. The summed E-state index contributed by atoms with van der Waals surface area (Å²) in [6, 6.07) is 5.74. The van der Waals surface area contributed by atoms with E-state index in [4.69, 9.17) is 5.11 Å². The monoisotopic (exact) mass is 236 g/mol. The van der Waals surface area contributed by atoms with Crippen LogP contribution in [0.1, 0.15) is 5.56 Å². The molecule has 0 aliphatic carbocycles. The second-order valence-corrected chi connectivity index (χ2v) is 3.34. The molecule has 1 unspecified atom stereocenters. The molecule has 0 saturated carbocycles. The minimum atomic E-state index is -1.09. The van der Waals surface area contributed by atoms with E-state index in [0.717, 1.165) is 5.56 Å². The van der Waals surface area contributed by atoms with Crippen LogP contribution in [-0.2, 0) is 20.8 Å². The summed E-state index contributed by atoms with van der Waals surface area (Å²) >= 11 is 0. The first-order chi connectivity index (χ1) is 8.17. The number of hydrogen-bond acceptors (Lipinski definition) is 3. The fraction of sp³-hybridized carbons (Fsp3) is 0.182. The van der Waals surface area contributed by atoms with Gasteiger partial charge in [-0.05, 0) is 17.7 Å². The van der Waals surface area contributed by atoms with Gasteiger partial charge in [-0.25, -0.2) is 4.79 Å². The number of nitrogens with one attached hydrogen (secondary N) is 2. The second-order valence-electron chi connectivity index (χ2n) is 3.34. The van der Waals surface area contributed by atoms with Gasteiger partial charge in [0.15, 0.2) is 0 Å². The van der Waals surface area contributed by atoms with Crippen molar-refractivity contribution in [2.24, 2.45) is 0 Å². The number of carboxylic acids is 1. The number of carboxylic acid groups (broad SMARTS) is 1. The lowest BCUT2D eigenvalue weighted by molar-refractivity contribution is -0.140. The third kappa shape index (κ3) is 3.94. The van der Waals surface area contributed by atoms with Gasteiger partial charge in [0.05, 0.1) is 0 Å². The van der Waals surface area contributed by atoms with Crippen LogP contribution in [0, 0.1) is 0 Å². The minimum Gasteiger partial charge on any atom is -0.480 e. The first-order valence-electron chi connectivity index (χ1n) is 4.89. The molecule has 0 radical (unpaired) electrons. The molecule has 1 aromatic carbocycles. The Kier molecular flexibility index (Phi) is 4.68. The van der Waals surface area contributed by atoms with Crippen LogP contribution in [0.25, 0.3) is 0 Å². The predicted octanol–water partition coefficient (Wildman–Crippen LogP) is -0.00340. The van der Waals surface area contributed by atoms with Crippen molar-refractivity contribution in [3.8, 4) is 0 Å². The Morgan fingerprint density at radius 3 is 2.35 bits per heavy atom. The lowest BCUT2D eigenvalue weighted by atomic mass is 10.1. The third-order valence-corrected chi connectivity index (χ3v) is 2.19. The van der Waals surface area contributed by atoms with E-state index in [1.165, 1.54) is 0 Å². The Morgan fingerprint density at radius 2 is 1.88 bits per heavy atom. The molecule has 17 heavy (non-hydrogen) atoms. The van der Waals surface area contributed by atoms with Crippen molar-refractivity contribution in [3.05, 3.63) is 29.8 Å². The average Bonchev–Trinajstić information content (AvgIpc) is 2.31. The number of hydrogen-bond donors (Lipinski definition) is 3. The van der Waals surface area contributed by atoms with Gasteiger partial charge in [-0.2, -0.15) is 0 Å². The highest BCUT2D eigenvalue weighted by Gasteiger charge is 2.16. The fourth-order valence-corrected chi connectivity index (χ4v) is 1.34. The van der Waals surface area contributed by atoms with E-state index in [-0.39, 0.29) is 6.42 Å². The van der Waals surface area contributed by atoms with Crippen molar-refractivity contribution in [2.75, 3.05) is 5.32 Å². The number of aliphatic carboxylic acids is 1. The molecule has 3 N–H and O–H groups in total. The lowest BCUT2D eigenvalue weighted by Crippen LogP contribution is -2.37. The van der Waals surface area contributed by atoms with Gasteiger partial charge in [-0.15, -0.1) is 0 Å². The second kappa shape index (κ2) is 6.26. The zero-order valence-electron chi connectivity index (χ0n) is 8.92. The van der Waals surface area contributed by atoms with E-state index in [2.05, 4.69) is 10.6 Å².